The molecule has 1 aromatic heterocycles. The number of esters is 1. The molecule has 7 rings (SSSR count). The summed E-state index contributed by atoms with van der Waals surface area (Å²) in [5.41, 5.74) is -5.71. The van der Waals surface area contributed by atoms with E-state index in [1.165, 1.54) is 12.3 Å². The lowest BCUT2D eigenvalue weighted by Gasteiger charge is -2.66. The number of hydrogen-bond acceptors (Lipinski definition) is 8. The van der Waals surface area contributed by atoms with Crippen LogP contribution in [0.4, 0.5) is 0 Å². The third-order valence-electron chi connectivity index (χ3n) is 10.8. The maximum absolute atomic E-state index is 14.2. The number of cyclic esters (lactones) is 1. The van der Waals surface area contributed by atoms with E-state index in [2.05, 4.69) is 0 Å². The van der Waals surface area contributed by atoms with Crippen LogP contribution in [-0.4, -0.2) is 52.7 Å². The fourth-order valence-electron chi connectivity index (χ4n) is 9.42. The summed E-state index contributed by atoms with van der Waals surface area (Å²) in [6.07, 6.45) is 4.65. The molecule has 3 saturated heterocycles. The van der Waals surface area contributed by atoms with Crippen molar-refractivity contribution in [3.8, 4) is 0 Å². The van der Waals surface area contributed by atoms with Gasteiger partial charge in [0.1, 0.15) is 23.2 Å². The summed E-state index contributed by atoms with van der Waals surface area (Å²) in [6.45, 7) is 7.61. The summed E-state index contributed by atoms with van der Waals surface area (Å²) < 4.78 is 23.7. The average molecular weight is 469 g/mol. The van der Waals surface area contributed by atoms with Crippen LogP contribution in [0.15, 0.2) is 35.2 Å². The van der Waals surface area contributed by atoms with E-state index in [4.69, 9.17) is 18.6 Å². The number of epoxide rings is 1. The van der Waals surface area contributed by atoms with Crippen LogP contribution in [0.1, 0.15) is 52.2 Å². The highest BCUT2D eigenvalue weighted by molar-refractivity contribution is 6.18. The molecule has 8 nitrogen and oxygen atoms in total. The van der Waals surface area contributed by atoms with Gasteiger partial charge in [-0.25, -0.2) is 4.79 Å². The summed E-state index contributed by atoms with van der Waals surface area (Å²) in [7, 11) is 0. The van der Waals surface area contributed by atoms with Crippen LogP contribution in [0.3, 0.4) is 0 Å². The normalized spacial score (nSPS) is 54.0. The number of Topliss-reactive ketones (excluding diaryl/α,β-unsaturated/α-hetero) is 1. The minimum Gasteiger partial charge on any atom is -0.472 e. The van der Waals surface area contributed by atoms with Crippen molar-refractivity contribution in [2.75, 3.05) is 6.61 Å². The number of aliphatic hydroxyl groups excluding tert-OH is 1. The van der Waals surface area contributed by atoms with Crippen LogP contribution < -0.4 is 0 Å². The SMILES string of the molecule is CC1(C)OC[C@@]23C=CC(=O)[C@]12C(=O)[C@@H](O)[C@]1(C)[C@H]3CC[C@]2(C)[C@H](c3ccoc3)OC(=O)[C@H]3O[C@@]312. The average Bonchev–Trinajstić information content (AvgIpc) is 3.08. The second kappa shape index (κ2) is 5.58. The molecule has 6 aliphatic rings. The predicted molar refractivity (Wildman–Crippen MR) is 114 cm³/mol. The Morgan fingerprint density at radius 3 is 2.56 bits per heavy atom. The molecule has 4 heterocycles. The third kappa shape index (κ3) is 1.68. The summed E-state index contributed by atoms with van der Waals surface area (Å²) in [4.78, 5) is 40.8. The van der Waals surface area contributed by atoms with Gasteiger partial charge in [0.05, 0.1) is 24.7 Å². The molecule has 5 fully saturated rings. The monoisotopic (exact) mass is 468 g/mol. The smallest absolute Gasteiger partial charge is 0.339 e. The van der Waals surface area contributed by atoms with Gasteiger partial charge >= 0.3 is 5.97 Å². The molecule has 0 bridgehead atoms. The van der Waals surface area contributed by atoms with E-state index in [9.17, 15) is 19.5 Å². The Morgan fingerprint density at radius 2 is 1.85 bits per heavy atom. The zero-order valence-electron chi connectivity index (χ0n) is 19.6. The number of carbonyl (C=O) groups excluding carboxylic acids is 3. The topological polar surface area (TPSA) is 116 Å². The highest BCUT2D eigenvalue weighted by Crippen LogP contribution is 2.81. The van der Waals surface area contributed by atoms with Gasteiger partial charge in [0.2, 0.25) is 0 Å². The zero-order chi connectivity index (χ0) is 24.1. The van der Waals surface area contributed by atoms with E-state index >= 15 is 0 Å². The summed E-state index contributed by atoms with van der Waals surface area (Å²) >= 11 is 0. The number of ether oxygens (including phenoxy) is 3. The molecule has 2 saturated carbocycles. The van der Waals surface area contributed by atoms with Crippen molar-refractivity contribution in [1.82, 2.24) is 0 Å². The maximum atomic E-state index is 14.2. The molecule has 1 N–H and O–H groups in total. The molecule has 1 spiro atoms. The predicted octanol–water partition coefficient (Wildman–Crippen LogP) is 2.30. The number of ketones is 2. The molecule has 0 unspecified atom stereocenters. The number of furan rings is 1. The Bertz CT molecular complexity index is 1200. The second-order valence-corrected chi connectivity index (χ2v) is 12.0. The minimum absolute atomic E-state index is 0.202. The quantitative estimate of drug-likeness (QED) is 0.379. The number of hydrogen-bond donors (Lipinski definition) is 1. The third-order valence-corrected chi connectivity index (χ3v) is 10.8. The van der Waals surface area contributed by atoms with E-state index in [1.54, 1.807) is 26.2 Å². The first-order valence-corrected chi connectivity index (χ1v) is 12.0. The lowest BCUT2D eigenvalue weighted by Crippen LogP contribution is -2.77. The Labute approximate surface area is 196 Å². The van der Waals surface area contributed by atoms with Gasteiger partial charge in [-0.1, -0.05) is 19.9 Å². The fraction of sp³-hybridized carbons (Fsp3) is 0.654. The Morgan fingerprint density at radius 1 is 1.09 bits per heavy atom. The number of fused-ring (bicyclic) bond motifs is 1. The summed E-state index contributed by atoms with van der Waals surface area (Å²) in [6, 6.07) is 1.77. The maximum Gasteiger partial charge on any atom is 0.339 e. The first-order chi connectivity index (χ1) is 16.0. The molecule has 3 aliphatic carbocycles. The van der Waals surface area contributed by atoms with E-state index in [-0.39, 0.29) is 18.3 Å². The fourth-order valence-corrected chi connectivity index (χ4v) is 9.42. The number of carbonyl (C=O) groups is 3. The number of aliphatic hydroxyl groups is 1. The van der Waals surface area contributed by atoms with Gasteiger partial charge in [0.15, 0.2) is 17.7 Å². The van der Waals surface area contributed by atoms with Crippen molar-refractivity contribution < 1.29 is 38.1 Å². The van der Waals surface area contributed by atoms with E-state index in [0.717, 1.165) is 5.56 Å². The first-order valence-electron chi connectivity index (χ1n) is 12.0. The van der Waals surface area contributed by atoms with Crippen LogP contribution in [0.25, 0.3) is 0 Å². The van der Waals surface area contributed by atoms with Gasteiger partial charge in [-0.05, 0) is 44.7 Å². The highest BCUT2D eigenvalue weighted by Gasteiger charge is 2.92. The van der Waals surface area contributed by atoms with Crippen molar-refractivity contribution in [2.45, 2.75) is 70.1 Å². The standard InChI is InChI=1S/C26H28O8/c1-21(2)25-15(27)6-9-24(25,12-32-21)14-5-8-22(3)18(13-7-10-31-11-13)33-20(30)19-26(22,34-19)23(14,4)16(28)17(25)29/h6-7,9-11,14,16,18-19,28H,5,8,12H2,1-4H3/t14-,16-,18+,19-,22-,23+,24-,25+,26-/m1/s1. The molecule has 9 atom stereocenters. The van der Waals surface area contributed by atoms with Crippen molar-refractivity contribution in [3.63, 3.8) is 0 Å². The molecule has 34 heavy (non-hydrogen) atoms. The molecule has 0 amide bonds. The summed E-state index contributed by atoms with van der Waals surface area (Å²) in [5.74, 6) is -1.65. The molecule has 1 aromatic rings. The van der Waals surface area contributed by atoms with E-state index in [0.29, 0.717) is 12.8 Å². The van der Waals surface area contributed by atoms with Gasteiger partial charge in [0.25, 0.3) is 0 Å². The van der Waals surface area contributed by atoms with Crippen LogP contribution in [0.5, 0.6) is 0 Å². The van der Waals surface area contributed by atoms with Gasteiger partial charge in [0, 0.05) is 21.8 Å². The number of rotatable bonds is 1. The van der Waals surface area contributed by atoms with Gasteiger partial charge < -0.3 is 23.7 Å². The Hall–Kier alpha value is -2.29. The largest absolute Gasteiger partial charge is 0.472 e. The van der Waals surface area contributed by atoms with E-state index < -0.39 is 62.9 Å². The van der Waals surface area contributed by atoms with Crippen molar-refractivity contribution in [1.29, 1.82) is 0 Å². The highest BCUT2D eigenvalue weighted by atomic mass is 16.7. The van der Waals surface area contributed by atoms with Crippen LogP contribution in [-0.2, 0) is 28.6 Å². The van der Waals surface area contributed by atoms with Crippen molar-refractivity contribution >= 4 is 17.5 Å². The molecule has 0 radical (unpaired) electrons. The second-order valence-electron chi connectivity index (χ2n) is 12.0. The zero-order valence-corrected chi connectivity index (χ0v) is 19.6. The Balaban J connectivity index is 1.47. The lowest BCUT2D eigenvalue weighted by atomic mass is 9.34. The van der Waals surface area contributed by atoms with Gasteiger partial charge in [-0.2, -0.15) is 0 Å². The first kappa shape index (κ1) is 21.0. The molecule has 180 valence electrons. The van der Waals surface area contributed by atoms with Gasteiger partial charge in [-0.3, -0.25) is 9.59 Å². The molecule has 3 aliphatic heterocycles. The lowest BCUT2D eigenvalue weighted by molar-refractivity contribution is -0.239. The molecular formula is C26H28O8. The van der Waals surface area contributed by atoms with Gasteiger partial charge in [-0.15, -0.1) is 0 Å². The van der Waals surface area contributed by atoms with Crippen molar-refractivity contribution in [3.05, 3.63) is 36.3 Å². The van der Waals surface area contributed by atoms with Crippen LogP contribution in [0, 0.1) is 27.6 Å². The minimum atomic E-state index is -1.50. The molecule has 8 heteroatoms. The Kier molecular flexibility index (Phi) is 3.45. The molecule has 0 aromatic carbocycles. The molecular weight excluding hydrogens is 440 g/mol. The van der Waals surface area contributed by atoms with Crippen LogP contribution in [0.2, 0.25) is 0 Å². The van der Waals surface area contributed by atoms with Crippen molar-refractivity contribution in [2.24, 2.45) is 27.6 Å². The van der Waals surface area contributed by atoms with Crippen LogP contribution >= 0.6 is 0 Å². The number of allylic oxidation sites excluding steroid dienone is 1. The van der Waals surface area contributed by atoms with E-state index in [1.807, 2.05) is 19.9 Å². The summed E-state index contributed by atoms with van der Waals surface area (Å²) in [5, 5.41) is 11.9.